The van der Waals surface area contributed by atoms with Crippen molar-refractivity contribution >= 4 is 29.2 Å². The second-order valence-corrected chi connectivity index (χ2v) is 6.93. The molecule has 1 aromatic carbocycles. The summed E-state index contributed by atoms with van der Waals surface area (Å²) in [4.78, 5) is 8.13. The molecular formula is C17H20ClN3OS. The van der Waals surface area contributed by atoms with E-state index in [-0.39, 0.29) is 0 Å². The molecule has 1 aliphatic heterocycles. The summed E-state index contributed by atoms with van der Waals surface area (Å²) in [7, 11) is 3.81. The molecule has 2 heterocycles. The van der Waals surface area contributed by atoms with Gasteiger partial charge >= 0.3 is 0 Å². The number of hydrogen-bond acceptors (Lipinski definition) is 5. The number of hydrogen-bond donors (Lipinski definition) is 1. The predicted molar refractivity (Wildman–Crippen MR) is 96.6 cm³/mol. The number of ether oxygens (including phenoxy) is 1. The number of methoxy groups -OCH3 is 1. The van der Waals surface area contributed by atoms with Crippen molar-refractivity contribution in [1.29, 1.82) is 0 Å². The van der Waals surface area contributed by atoms with Gasteiger partial charge in [-0.15, -0.1) is 0 Å². The molecule has 3 rings (SSSR count). The zero-order valence-electron chi connectivity index (χ0n) is 13.3. The maximum absolute atomic E-state index is 5.92. The van der Waals surface area contributed by atoms with E-state index in [1.807, 2.05) is 24.3 Å². The molecule has 0 fully saturated rings. The van der Waals surface area contributed by atoms with Crippen LogP contribution in [0.3, 0.4) is 0 Å². The first-order chi connectivity index (χ1) is 11.2. The van der Waals surface area contributed by atoms with Crippen LogP contribution in [0.25, 0.3) is 0 Å². The molecule has 2 aromatic rings. The lowest BCUT2D eigenvalue weighted by atomic mass is 10.1. The highest BCUT2D eigenvalue weighted by atomic mass is 35.5. The lowest BCUT2D eigenvalue weighted by Crippen LogP contribution is -2.20. The van der Waals surface area contributed by atoms with E-state index in [0.717, 1.165) is 47.2 Å². The van der Waals surface area contributed by atoms with Crippen LogP contribution < -0.4 is 9.46 Å². The van der Waals surface area contributed by atoms with Crippen molar-refractivity contribution in [2.45, 2.75) is 17.7 Å². The highest BCUT2D eigenvalue weighted by molar-refractivity contribution is 8.00. The minimum atomic E-state index is 0.648. The molecule has 0 saturated carbocycles. The molecule has 1 N–H and O–H groups in total. The van der Waals surface area contributed by atoms with Crippen LogP contribution in [0.2, 0.25) is 5.02 Å². The maximum atomic E-state index is 5.92. The Morgan fingerprint density at radius 1 is 1.22 bits per heavy atom. The fourth-order valence-corrected chi connectivity index (χ4v) is 3.34. The van der Waals surface area contributed by atoms with E-state index in [9.17, 15) is 0 Å². The highest BCUT2D eigenvalue weighted by Gasteiger charge is 2.16. The summed E-state index contributed by atoms with van der Waals surface area (Å²) < 4.78 is 8.82. The van der Waals surface area contributed by atoms with Gasteiger partial charge < -0.3 is 14.4 Å². The number of benzene rings is 1. The molecular weight excluding hydrogens is 330 g/mol. The third kappa shape index (κ3) is 4.10. The van der Waals surface area contributed by atoms with Crippen LogP contribution in [0, 0.1) is 0 Å². The Labute approximate surface area is 146 Å². The monoisotopic (exact) mass is 349 g/mol. The van der Waals surface area contributed by atoms with Crippen LogP contribution in [-0.2, 0) is 12.8 Å². The van der Waals surface area contributed by atoms with Crippen molar-refractivity contribution in [2.75, 3.05) is 32.0 Å². The van der Waals surface area contributed by atoms with E-state index in [4.69, 9.17) is 21.3 Å². The van der Waals surface area contributed by atoms with E-state index in [2.05, 4.69) is 22.7 Å². The molecule has 122 valence electrons. The van der Waals surface area contributed by atoms with E-state index < -0.39 is 0 Å². The van der Waals surface area contributed by atoms with Gasteiger partial charge in [-0.2, -0.15) is 0 Å². The zero-order chi connectivity index (χ0) is 16.2. The van der Waals surface area contributed by atoms with Gasteiger partial charge in [0.05, 0.1) is 7.11 Å². The average Bonchev–Trinajstić information content (AvgIpc) is 2.75. The first kappa shape index (κ1) is 16.4. The van der Waals surface area contributed by atoms with Crippen molar-refractivity contribution in [1.82, 2.24) is 9.88 Å². The molecule has 1 aliphatic rings. The van der Waals surface area contributed by atoms with Gasteiger partial charge in [-0.3, -0.25) is 0 Å². The molecule has 23 heavy (non-hydrogen) atoms. The maximum Gasteiger partial charge on any atom is 0.238 e. The smallest absolute Gasteiger partial charge is 0.238 e. The molecule has 0 amide bonds. The zero-order valence-corrected chi connectivity index (χ0v) is 14.9. The fourth-order valence-electron chi connectivity index (χ4n) is 2.57. The van der Waals surface area contributed by atoms with Crippen molar-refractivity contribution < 1.29 is 4.74 Å². The highest BCUT2D eigenvalue weighted by Crippen LogP contribution is 2.31. The fraction of sp³-hybridized carbons (Fsp3) is 0.353. The second-order valence-electron chi connectivity index (χ2n) is 5.61. The number of likely N-dealkylation sites (N-methyl/N-ethyl adjacent to an activating group) is 1. The van der Waals surface area contributed by atoms with Crippen LogP contribution in [-0.4, -0.2) is 37.1 Å². The van der Waals surface area contributed by atoms with Crippen LogP contribution in [0.5, 0.6) is 5.88 Å². The Balaban J connectivity index is 1.79. The molecule has 1 aromatic heterocycles. The van der Waals surface area contributed by atoms with Gasteiger partial charge in [0.2, 0.25) is 5.88 Å². The minimum absolute atomic E-state index is 0.648. The Morgan fingerprint density at radius 3 is 2.70 bits per heavy atom. The lowest BCUT2D eigenvalue weighted by Gasteiger charge is -2.13. The molecule has 0 spiro atoms. The van der Waals surface area contributed by atoms with Gasteiger partial charge in [-0.25, -0.2) is 4.98 Å². The normalized spacial score (nSPS) is 14.9. The molecule has 0 atom stereocenters. The Morgan fingerprint density at radius 2 is 1.96 bits per heavy atom. The van der Waals surface area contributed by atoms with Gasteiger partial charge in [0.15, 0.2) is 0 Å². The van der Waals surface area contributed by atoms with Crippen molar-refractivity contribution in [3.8, 4) is 5.88 Å². The first-order valence-electron chi connectivity index (χ1n) is 7.59. The summed E-state index contributed by atoms with van der Waals surface area (Å²) in [5.74, 6) is 0.648. The van der Waals surface area contributed by atoms with Crippen LogP contribution >= 0.6 is 23.5 Å². The van der Waals surface area contributed by atoms with Crippen LogP contribution in [0.4, 0.5) is 5.69 Å². The number of nitrogens with one attached hydrogen (secondary N) is 1. The van der Waals surface area contributed by atoms with Gasteiger partial charge in [0.1, 0.15) is 5.69 Å². The molecule has 0 bridgehead atoms. The number of fused-ring (bicyclic) bond motifs is 1. The molecule has 0 radical (unpaired) electrons. The number of rotatable bonds is 4. The third-order valence-electron chi connectivity index (χ3n) is 3.94. The van der Waals surface area contributed by atoms with Gasteiger partial charge in [-0.05, 0) is 61.3 Å². The Bertz CT molecular complexity index is 678. The first-order valence-corrected chi connectivity index (χ1v) is 8.79. The van der Waals surface area contributed by atoms with E-state index in [0.29, 0.717) is 5.88 Å². The summed E-state index contributed by atoms with van der Waals surface area (Å²) in [5.41, 5.74) is 3.36. The Kier molecular flexibility index (Phi) is 5.30. The van der Waals surface area contributed by atoms with Crippen molar-refractivity contribution in [2.24, 2.45) is 0 Å². The SMILES string of the molecule is COc1nc2c(cc1NSc1ccc(Cl)cc1)CCN(C)CC2. The number of halogens is 1. The van der Waals surface area contributed by atoms with Gasteiger partial charge in [0.25, 0.3) is 0 Å². The van der Waals surface area contributed by atoms with Crippen LogP contribution in [0.15, 0.2) is 35.2 Å². The summed E-state index contributed by atoms with van der Waals surface area (Å²) in [6, 6.07) is 9.90. The second kappa shape index (κ2) is 7.43. The lowest BCUT2D eigenvalue weighted by molar-refractivity contribution is 0.351. The number of pyridine rings is 1. The summed E-state index contributed by atoms with van der Waals surface area (Å²) >= 11 is 7.45. The molecule has 0 saturated heterocycles. The molecule has 6 heteroatoms. The third-order valence-corrected chi connectivity index (χ3v) is 5.02. The topological polar surface area (TPSA) is 37.4 Å². The van der Waals surface area contributed by atoms with Crippen molar-refractivity contribution in [3.63, 3.8) is 0 Å². The van der Waals surface area contributed by atoms with E-state index in [1.165, 1.54) is 17.5 Å². The van der Waals surface area contributed by atoms with Gasteiger partial charge in [0, 0.05) is 35.1 Å². The standard InChI is InChI=1S/C17H20ClN3OS/c1-21-9-7-12-11-16(17(22-2)19-15(12)8-10-21)20-23-14-5-3-13(18)4-6-14/h3-6,11,20H,7-10H2,1-2H3. The molecule has 0 unspecified atom stereocenters. The Hall–Kier alpha value is -1.43. The predicted octanol–water partition coefficient (Wildman–Crippen LogP) is 3.89. The largest absolute Gasteiger partial charge is 0.479 e. The quantitative estimate of drug-likeness (QED) is 0.847. The van der Waals surface area contributed by atoms with Gasteiger partial charge in [-0.1, -0.05) is 11.6 Å². The summed E-state index contributed by atoms with van der Waals surface area (Å²) in [6.45, 7) is 2.10. The summed E-state index contributed by atoms with van der Waals surface area (Å²) in [6.07, 6.45) is 1.98. The van der Waals surface area contributed by atoms with Crippen molar-refractivity contribution in [3.05, 3.63) is 46.6 Å². The van der Waals surface area contributed by atoms with E-state index in [1.54, 1.807) is 7.11 Å². The van der Waals surface area contributed by atoms with Crippen LogP contribution in [0.1, 0.15) is 11.3 Å². The number of anilines is 1. The van der Waals surface area contributed by atoms with E-state index >= 15 is 0 Å². The molecule has 0 aliphatic carbocycles. The summed E-state index contributed by atoms with van der Waals surface area (Å²) in [5, 5.41) is 0.739. The number of nitrogens with zero attached hydrogens (tertiary/aromatic N) is 2. The average molecular weight is 350 g/mol. The number of aromatic nitrogens is 1. The molecule has 4 nitrogen and oxygen atoms in total. The minimum Gasteiger partial charge on any atom is -0.479 e.